The van der Waals surface area contributed by atoms with Crippen LogP contribution in [0.5, 0.6) is 5.75 Å². The van der Waals surface area contributed by atoms with Gasteiger partial charge in [-0.05, 0) is 17.7 Å². The van der Waals surface area contributed by atoms with Crippen LogP contribution in [0.25, 0.3) is 0 Å². The first kappa shape index (κ1) is 12.8. The molecule has 0 aliphatic carbocycles. The number of halogens is 3. The third-order valence-electron chi connectivity index (χ3n) is 1.84. The van der Waals surface area contributed by atoms with Gasteiger partial charge in [0.25, 0.3) is 0 Å². The molecule has 0 bridgehead atoms. The highest BCUT2D eigenvalue weighted by molar-refractivity contribution is 5.29. The summed E-state index contributed by atoms with van der Waals surface area (Å²) in [4.78, 5) is 0. The molecule has 90 valence electrons. The highest BCUT2D eigenvalue weighted by Crippen LogP contribution is 2.21. The second kappa shape index (κ2) is 5.18. The molecule has 1 atom stereocenters. The summed E-state index contributed by atoms with van der Waals surface area (Å²) in [6.45, 7) is -1.32. The Morgan fingerprint density at radius 1 is 1.38 bits per heavy atom. The fourth-order valence-corrected chi connectivity index (χ4v) is 1.08. The average molecular weight is 235 g/mol. The van der Waals surface area contributed by atoms with Gasteiger partial charge in [0.2, 0.25) is 0 Å². The van der Waals surface area contributed by atoms with Crippen molar-refractivity contribution in [3.8, 4) is 5.75 Å². The maximum absolute atomic E-state index is 11.9. The molecule has 0 aliphatic rings. The van der Waals surface area contributed by atoms with E-state index in [-0.39, 0.29) is 5.75 Å². The first-order valence-electron chi connectivity index (χ1n) is 4.50. The Kier molecular flexibility index (Phi) is 4.14. The summed E-state index contributed by atoms with van der Waals surface area (Å²) >= 11 is 0. The van der Waals surface area contributed by atoms with Crippen LogP contribution in [-0.2, 0) is 4.74 Å². The molecule has 0 aromatic heterocycles. The standard InChI is InChI=1S/C10H12F3NO2/c1-15-9(14)7-3-2-4-8(5-7)16-6-10(11,12)13/h2-5,9H,6,14H2,1H3. The number of benzene rings is 1. The zero-order valence-electron chi connectivity index (χ0n) is 8.62. The average Bonchev–Trinajstić information content (AvgIpc) is 2.25. The van der Waals surface area contributed by atoms with E-state index in [9.17, 15) is 13.2 Å². The van der Waals surface area contributed by atoms with E-state index in [1.807, 2.05) is 0 Å². The number of ether oxygens (including phenoxy) is 2. The summed E-state index contributed by atoms with van der Waals surface area (Å²) in [5.41, 5.74) is 6.10. The quantitative estimate of drug-likeness (QED) is 0.814. The molecule has 0 fully saturated rings. The van der Waals surface area contributed by atoms with E-state index < -0.39 is 19.0 Å². The van der Waals surface area contributed by atoms with E-state index in [4.69, 9.17) is 10.5 Å². The molecule has 0 radical (unpaired) electrons. The van der Waals surface area contributed by atoms with Crippen molar-refractivity contribution in [1.29, 1.82) is 0 Å². The van der Waals surface area contributed by atoms with Crippen LogP contribution < -0.4 is 10.5 Å². The van der Waals surface area contributed by atoms with Crippen molar-refractivity contribution in [1.82, 2.24) is 0 Å². The SMILES string of the molecule is COC(N)c1cccc(OCC(F)(F)F)c1. The Morgan fingerprint density at radius 3 is 2.62 bits per heavy atom. The van der Waals surface area contributed by atoms with Crippen molar-refractivity contribution in [2.24, 2.45) is 5.73 Å². The van der Waals surface area contributed by atoms with Gasteiger partial charge in [0, 0.05) is 7.11 Å². The second-order valence-corrected chi connectivity index (χ2v) is 3.13. The lowest BCUT2D eigenvalue weighted by atomic mass is 10.2. The molecule has 1 aromatic rings. The molecule has 1 aromatic carbocycles. The lowest BCUT2D eigenvalue weighted by Crippen LogP contribution is -2.19. The molecule has 0 aliphatic heterocycles. The van der Waals surface area contributed by atoms with Gasteiger partial charge in [-0.3, -0.25) is 0 Å². The maximum atomic E-state index is 11.9. The Balaban J connectivity index is 2.68. The van der Waals surface area contributed by atoms with E-state index in [0.717, 1.165) is 0 Å². The van der Waals surface area contributed by atoms with Crippen molar-refractivity contribution in [2.75, 3.05) is 13.7 Å². The topological polar surface area (TPSA) is 44.5 Å². The number of hydrogen-bond donors (Lipinski definition) is 1. The largest absolute Gasteiger partial charge is 0.484 e. The van der Waals surface area contributed by atoms with Crippen LogP contribution in [0.3, 0.4) is 0 Å². The van der Waals surface area contributed by atoms with E-state index in [1.165, 1.54) is 19.2 Å². The molecule has 3 nitrogen and oxygen atoms in total. The third kappa shape index (κ3) is 4.08. The van der Waals surface area contributed by atoms with Gasteiger partial charge in [0.15, 0.2) is 6.61 Å². The molecule has 6 heteroatoms. The molecular formula is C10H12F3NO2. The molecule has 0 saturated heterocycles. The van der Waals surface area contributed by atoms with Crippen molar-refractivity contribution >= 4 is 0 Å². The van der Waals surface area contributed by atoms with Crippen molar-refractivity contribution < 1.29 is 22.6 Å². The van der Waals surface area contributed by atoms with E-state index >= 15 is 0 Å². The summed E-state index contributed by atoms with van der Waals surface area (Å²) in [5.74, 6) is 0.113. The van der Waals surface area contributed by atoms with Crippen LogP contribution in [0.2, 0.25) is 0 Å². The summed E-state index contributed by atoms with van der Waals surface area (Å²) < 4.78 is 45.1. The number of alkyl halides is 3. The molecule has 0 heterocycles. The highest BCUT2D eigenvalue weighted by Gasteiger charge is 2.28. The van der Waals surface area contributed by atoms with Gasteiger partial charge in [-0.2, -0.15) is 13.2 Å². The summed E-state index contributed by atoms with van der Waals surface area (Å²) in [5, 5.41) is 0. The fourth-order valence-electron chi connectivity index (χ4n) is 1.08. The highest BCUT2D eigenvalue weighted by atomic mass is 19.4. The normalized spacial score (nSPS) is 13.6. The minimum Gasteiger partial charge on any atom is -0.484 e. The molecular weight excluding hydrogens is 223 g/mol. The van der Waals surface area contributed by atoms with E-state index in [0.29, 0.717) is 5.56 Å². The Morgan fingerprint density at radius 2 is 2.06 bits per heavy atom. The number of nitrogens with two attached hydrogens (primary N) is 1. The lowest BCUT2D eigenvalue weighted by molar-refractivity contribution is -0.153. The third-order valence-corrected chi connectivity index (χ3v) is 1.84. The van der Waals surface area contributed by atoms with Crippen LogP contribution in [0.1, 0.15) is 11.8 Å². The Bertz CT molecular complexity index is 341. The molecule has 1 rings (SSSR count). The van der Waals surface area contributed by atoms with Gasteiger partial charge in [0.1, 0.15) is 12.0 Å². The fraction of sp³-hybridized carbons (Fsp3) is 0.400. The van der Waals surface area contributed by atoms with Gasteiger partial charge in [-0.15, -0.1) is 0 Å². The molecule has 0 spiro atoms. The van der Waals surface area contributed by atoms with Crippen LogP contribution in [0, 0.1) is 0 Å². The smallest absolute Gasteiger partial charge is 0.422 e. The molecule has 16 heavy (non-hydrogen) atoms. The minimum absolute atomic E-state index is 0.113. The summed E-state index contributed by atoms with van der Waals surface area (Å²) in [6.07, 6.45) is -5.02. The van der Waals surface area contributed by atoms with Gasteiger partial charge in [-0.1, -0.05) is 12.1 Å². The predicted molar refractivity (Wildman–Crippen MR) is 51.9 cm³/mol. The Labute approximate surface area is 91.0 Å². The molecule has 1 unspecified atom stereocenters. The first-order chi connectivity index (χ1) is 7.42. The van der Waals surface area contributed by atoms with Crippen LogP contribution in [0.4, 0.5) is 13.2 Å². The maximum Gasteiger partial charge on any atom is 0.422 e. The predicted octanol–water partition coefficient (Wildman–Crippen LogP) is 2.23. The van der Waals surface area contributed by atoms with Crippen molar-refractivity contribution in [3.63, 3.8) is 0 Å². The molecule has 0 amide bonds. The number of methoxy groups -OCH3 is 1. The van der Waals surface area contributed by atoms with Crippen molar-refractivity contribution in [3.05, 3.63) is 29.8 Å². The van der Waals surface area contributed by atoms with E-state index in [2.05, 4.69) is 4.74 Å². The molecule has 0 saturated carbocycles. The number of hydrogen-bond acceptors (Lipinski definition) is 3. The summed E-state index contributed by atoms with van der Waals surface area (Å²) in [7, 11) is 1.41. The minimum atomic E-state index is -4.35. The summed E-state index contributed by atoms with van der Waals surface area (Å²) in [6, 6.07) is 6.05. The zero-order chi connectivity index (χ0) is 12.2. The van der Waals surface area contributed by atoms with Crippen LogP contribution in [-0.4, -0.2) is 19.9 Å². The van der Waals surface area contributed by atoms with Crippen LogP contribution in [0.15, 0.2) is 24.3 Å². The second-order valence-electron chi connectivity index (χ2n) is 3.13. The first-order valence-corrected chi connectivity index (χ1v) is 4.50. The Hall–Kier alpha value is -1.27. The van der Waals surface area contributed by atoms with Gasteiger partial charge in [0.05, 0.1) is 0 Å². The monoisotopic (exact) mass is 235 g/mol. The van der Waals surface area contributed by atoms with Crippen LogP contribution >= 0.6 is 0 Å². The zero-order valence-corrected chi connectivity index (χ0v) is 8.62. The van der Waals surface area contributed by atoms with Gasteiger partial charge in [-0.25, -0.2) is 0 Å². The van der Waals surface area contributed by atoms with Gasteiger partial charge >= 0.3 is 6.18 Å². The lowest BCUT2D eigenvalue weighted by Gasteiger charge is -2.13. The van der Waals surface area contributed by atoms with Crippen molar-refractivity contribution in [2.45, 2.75) is 12.4 Å². The van der Waals surface area contributed by atoms with E-state index in [1.54, 1.807) is 12.1 Å². The molecule has 2 N–H and O–H groups in total. The number of rotatable bonds is 4. The van der Waals surface area contributed by atoms with Gasteiger partial charge < -0.3 is 15.2 Å².